The quantitative estimate of drug-likeness (QED) is 0.595. The van der Waals surface area contributed by atoms with Crippen molar-refractivity contribution in [2.45, 2.75) is 20.4 Å². The lowest BCUT2D eigenvalue weighted by atomic mass is 10.3. The van der Waals surface area contributed by atoms with E-state index < -0.39 is 0 Å². The molecule has 3 rings (SSSR count). The van der Waals surface area contributed by atoms with Crippen molar-refractivity contribution in [3.63, 3.8) is 0 Å². The molecule has 2 aromatic heterocycles. The molecule has 0 atom stereocenters. The maximum Gasteiger partial charge on any atom is 0.319 e. The Hall–Kier alpha value is -3.13. The summed E-state index contributed by atoms with van der Waals surface area (Å²) in [4.78, 5) is 14.6. The van der Waals surface area contributed by atoms with Crippen LogP contribution in [0.2, 0.25) is 0 Å². The first kappa shape index (κ1) is 19.6. The van der Waals surface area contributed by atoms with E-state index in [1.807, 2.05) is 53.1 Å². The number of fused-ring (bicyclic) bond motifs is 1. The number of hydrogen-bond acceptors (Lipinski definition) is 5. The van der Waals surface area contributed by atoms with Gasteiger partial charge < -0.3 is 20.3 Å². The lowest BCUT2D eigenvalue weighted by Gasteiger charge is -2.19. The fourth-order valence-corrected chi connectivity index (χ4v) is 2.86. The minimum atomic E-state index is -0.326. The third kappa shape index (κ3) is 4.98. The summed E-state index contributed by atoms with van der Waals surface area (Å²) < 4.78 is 7.71. The number of hydrogen-bond donors (Lipinski definition) is 2. The number of nitrogens with one attached hydrogen (secondary N) is 2. The lowest BCUT2D eigenvalue weighted by Crippen LogP contribution is -2.30. The number of amides is 2. The molecule has 2 amide bonds. The minimum absolute atomic E-state index is 0.266. The van der Waals surface area contributed by atoms with Crippen LogP contribution in [-0.2, 0) is 6.54 Å². The molecule has 0 saturated heterocycles. The van der Waals surface area contributed by atoms with Crippen LogP contribution < -0.4 is 15.4 Å². The van der Waals surface area contributed by atoms with Crippen LogP contribution >= 0.6 is 0 Å². The first-order valence-electron chi connectivity index (χ1n) is 9.49. The predicted octanol–water partition coefficient (Wildman–Crippen LogP) is 2.77. The number of nitrogens with zero attached hydrogens (tertiary/aromatic N) is 4. The third-order valence-corrected chi connectivity index (χ3v) is 4.49. The molecule has 0 aliphatic rings. The second-order valence-electron chi connectivity index (χ2n) is 6.22. The number of ether oxygens (including phenoxy) is 1. The molecule has 0 bridgehead atoms. The molecule has 0 unspecified atom stereocenters. The monoisotopic (exact) mass is 382 g/mol. The lowest BCUT2D eigenvalue weighted by molar-refractivity contribution is 0.223. The summed E-state index contributed by atoms with van der Waals surface area (Å²) in [6.45, 7) is 7.89. The highest BCUT2D eigenvalue weighted by Crippen LogP contribution is 2.23. The molecule has 0 spiro atoms. The zero-order valence-corrected chi connectivity index (χ0v) is 16.3. The zero-order valence-electron chi connectivity index (χ0n) is 16.3. The fourth-order valence-electron chi connectivity index (χ4n) is 2.86. The van der Waals surface area contributed by atoms with Gasteiger partial charge in [0.05, 0.1) is 12.2 Å². The SMILES string of the molecule is CCN(CC)CCOc1ccccc1NC(=O)NCc1nnc2ccccn12. The van der Waals surface area contributed by atoms with E-state index in [1.54, 1.807) is 0 Å². The summed E-state index contributed by atoms with van der Waals surface area (Å²) in [5.74, 6) is 1.31. The molecule has 0 saturated carbocycles. The molecule has 0 aliphatic carbocycles. The molecule has 2 N–H and O–H groups in total. The van der Waals surface area contributed by atoms with Gasteiger partial charge in [0.25, 0.3) is 0 Å². The second kappa shape index (κ2) is 9.70. The van der Waals surface area contributed by atoms with Crippen molar-refractivity contribution in [2.24, 2.45) is 0 Å². The Morgan fingerprint density at radius 1 is 1.11 bits per heavy atom. The average Bonchev–Trinajstić information content (AvgIpc) is 3.14. The fraction of sp³-hybridized carbons (Fsp3) is 0.350. The van der Waals surface area contributed by atoms with E-state index in [0.717, 1.165) is 25.3 Å². The van der Waals surface area contributed by atoms with Crippen LogP contribution in [0.1, 0.15) is 19.7 Å². The van der Waals surface area contributed by atoms with Gasteiger partial charge in [0, 0.05) is 12.7 Å². The summed E-state index contributed by atoms with van der Waals surface area (Å²) in [6, 6.07) is 12.7. The molecule has 0 radical (unpaired) electrons. The number of urea groups is 1. The van der Waals surface area contributed by atoms with Crippen LogP contribution in [0, 0.1) is 0 Å². The molecular formula is C20H26N6O2. The van der Waals surface area contributed by atoms with E-state index in [9.17, 15) is 4.79 Å². The minimum Gasteiger partial charge on any atom is -0.490 e. The number of rotatable bonds is 9. The van der Waals surface area contributed by atoms with Gasteiger partial charge in [-0.3, -0.25) is 4.40 Å². The maximum absolute atomic E-state index is 12.3. The highest BCUT2D eigenvalue weighted by atomic mass is 16.5. The largest absolute Gasteiger partial charge is 0.490 e. The van der Waals surface area contributed by atoms with Crippen LogP contribution in [0.4, 0.5) is 10.5 Å². The topological polar surface area (TPSA) is 83.8 Å². The van der Waals surface area contributed by atoms with Gasteiger partial charge in [-0.1, -0.05) is 32.0 Å². The number of carbonyl (C=O) groups is 1. The zero-order chi connectivity index (χ0) is 19.8. The van der Waals surface area contributed by atoms with E-state index in [4.69, 9.17) is 4.74 Å². The van der Waals surface area contributed by atoms with Crippen molar-refractivity contribution < 1.29 is 9.53 Å². The standard InChI is InChI=1S/C20H26N6O2/c1-3-25(4-2)13-14-28-17-10-6-5-9-16(17)22-20(27)21-15-19-24-23-18-11-7-8-12-26(18)19/h5-12H,3-4,13-15H2,1-2H3,(H2,21,22,27). The Kier molecular flexibility index (Phi) is 6.80. The number of benzene rings is 1. The van der Waals surface area contributed by atoms with Gasteiger partial charge in [0.2, 0.25) is 0 Å². The Morgan fingerprint density at radius 2 is 1.89 bits per heavy atom. The van der Waals surface area contributed by atoms with Crippen molar-refractivity contribution in [3.05, 3.63) is 54.5 Å². The molecule has 1 aromatic carbocycles. The Labute approximate surface area is 164 Å². The Bertz CT molecular complexity index is 906. The molecule has 148 valence electrons. The molecular weight excluding hydrogens is 356 g/mol. The van der Waals surface area contributed by atoms with Gasteiger partial charge >= 0.3 is 6.03 Å². The van der Waals surface area contributed by atoms with Crippen LogP contribution in [-0.4, -0.2) is 51.8 Å². The van der Waals surface area contributed by atoms with Crippen molar-refractivity contribution in [3.8, 4) is 5.75 Å². The normalized spacial score (nSPS) is 11.0. The van der Waals surface area contributed by atoms with E-state index in [2.05, 4.69) is 39.6 Å². The first-order chi connectivity index (χ1) is 13.7. The first-order valence-corrected chi connectivity index (χ1v) is 9.49. The third-order valence-electron chi connectivity index (χ3n) is 4.49. The van der Waals surface area contributed by atoms with Crippen molar-refractivity contribution in [2.75, 3.05) is 31.6 Å². The van der Waals surface area contributed by atoms with Gasteiger partial charge in [-0.25, -0.2) is 4.79 Å². The van der Waals surface area contributed by atoms with Gasteiger partial charge in [0.1, 0.15) is 12.4 Å². The number of anilines is 1. The predicted molar refractivity (Wildman–Crippen MR) is 109 cm³/mol. The molecule has 0 fully saturated rings. The van der Waals surface area contributed by atoms with E-state index >= 15 is 0 Å². The number of pyridine rings is 1. The smallest absolute Gasteiger partial charge is 0.319 e. The molecule has 2 heterocycles. The van der Waals surface area contributed by atoms with Gasteiger partial charge in [0.15, 0.2) is 11.5 Å². The van der Waals surface area contributed by atoms with Crippen LogP contribution in [0.5, 0.6) is 5.75 Å². The van der Waals surface area contributed by atoms with Gasteiger partial charge in [-0.05, 0) is 37.4 Å². The van der Waals surface area contributed by atoms with Gasteiger partial charge in [-0.2, -0.15) is 0 Å². The molecule has 8 nitrogen and oxygen atoms in total. The number of carbonyl (C=O) groups excluding carboxylic acids is 1. The average molecular weight is 382 g/mol. The van der Waals surface area contributed by atoms with E-state index in [-0.39, 0.29) is 12.6 Å². The van der Waals surface area contributed by atoms with Crippen LogP contribution in [0.15, 0.2) is 48.7 Å². The molecule has 28 heavy (non-hydrogen) atoms. The Morgan fingerprint density at radius 3 is 2.71 bits per heavy atom. The summed E-state index contributed by atoms with van der Waals surface area (Å²) in [6.07, 6.45) is 1.86. The summed E-state index contributed by atoms with van der Waals surface area (Å²) in [5.41, 5.74) is 1.37. The van der Waals surface area contributed by atoms with E-state index in [1.165, 1.54) is 0 Å². The van der Waals surface area contributed by atoms with Crippen molar-refractivity contribution in [1.29, 1.82) is 0 Å². The second-order valence-corrected chi connectivity index (χ2v) is 6.22. The molecule has 8 heteroatoms. The van der Waals surface area contributed by atoms with Crippen LogP contribution in [0.25, 0.3) is 5.65 Å². The highest BCUT2D eigenvalue weighted by molar-refractivity contribution is 5.90. The maximum atomic E-state index is 12.3. The summed E-state index contributed by atoms with van der Waals surface area (Å²) in [7, 11) is 0. The van der Waals surface area contributed by atoms with E-state index in [0.29, 0.717) is 23.9 Å². The Balaban J connectivity index is 1.55. The van der Waals surface area contributed by atoms with Crippen molar-refractivity contribution >= 4 is 17.4 Å². The molecule has 3 aromatic rings. The summed E-state index contributed by atoms with van der Waals surface area (Å²) in [5, 5.41) is 13.8. The highest BCUT2D eigenvalue weighted by Gasteiger charge is 2.10. The molecule has 0 aliphatic heterocycles. The van der Waals surface area contributed by atoms with Gasteiger partial charge in [-0.15, -0.1) is 10.2 Å². The number of aromatic nitrogens is 3. The van der Waals surface area contributed by atoms with Crippen molar-refractivity contribution in [1.82, 2.24) is 24.8 Å². The number of likely N-dealkylation sites (N-methyl/N-ethyl adjacent to an activating group) is 1. The summed E-state index contributed by atoms with van der Waals surface area (Å²) >= 11 is 0. The van der Waals surface area contributed by atoms with Crippen LogP contribution in [0.3, 0.4) is 0 Å². The number of para-hydroxylation sites is 2.